The van der Waals surface area contributed by atoms with Crippen LogP contribution >= 0.6 is 27.5 Å². The maximum atomic E-state index is 12.2. The lowest BCUT2D eigenvalue weighted by molar-refractivity contribution is -0.115. The van der Waals surface area contributed by atoms with E-state index in [1.807, 2.05) is 30.5 Å². The van der Waals surface area contributed by atoms with Crippen LogP contribution in [-0.2, 0) is 11.2 Å². The van der Waals surface area contributed by atoms with Gasteiger partial charge in [-0.05, 0) is 45.8 Å². The Morgan fingerprint density at radius 1 is 1.24 bits per heavy atom. The van der Waals surface area contributed by atoms with E-state index in [9.17, 15) is 4.79 Å². The van der Waals surface area contributed by atoms with Crippen molar-refractivity contribution in [3.05, 3.63) is 63.7 Å². The summed E-state index contributed by atoms with van der Waals surface area (Å²) in [7, 11) is 0. The van der Waals surface area contributed by atoms with Gasteiger partial charge in [0.15, 0.2) is 0 Å². The van der Waals surface area contributed by atoms with E-state index >= 15 is 0 Å². The van der Waals surface area contributed by atoms with Crippen molar-refractivity contribution in [1.82, 2.24) is 4.98 Å². The number of fused-ring (bicyclic) bond motifs is 1. The molecule has 0 unspecified atom stereocenters. The molecular weight excluding hydrogens is 352 g/mol. The number of hydrogen-bond donors (Lipinski definition) is 2. The second-order valence-corrected chi connectivity index (χ2v) is 6.00. The molecule has 0 atom stereocenters. The maximum absolute atomic E-state index is 12.2. The second kappa shape index (κ2) is 5.92. The first-order valence-electron chi connectivity index (χ1n) is 6.43. The molecule has 3 rings (SSSR count). The first-order chi connectivity index (χ1) is 10.1. The first-order valence-corrected chi connectivity index (χ1v) is 7.60. The van der Waals surface area contributed by atoms with Crippen LogP contribution < -0.4 is 5.32 Å². The SMILES string of the molecule is O=C(Cc1c[nH]c2ccccc12)Nc1ccc(Cl)cc1Br. The van der Waals surface area contributed by atoms with Gasteiger partial charge in [-0.2, -0.15) is 0 Å². The molecule has 106 valence electrons. The van der Waals surface area contributed by atoms with Crippen LogP contribution in [0.1, 0.15) is 5.56 Å². The average molecular weight is 364 g/mol. The molecule has 0 saturated carbocycles. The van der Waals surface area contributed by atoms with Gasteiger partial charge in [-0.3, -0.25) is 4.79 Å². The number of aromatic nitrogens is 1. The number of benzene rings is 2. The molecule has 0 saturated heterocycles. The number of H-pyrrole nitrogens is 1. The molecule has 1 amide bonds. The molecule has 1 aromatic heterocycles. The number of aromatic amines is 1. The van der Waals surface area contributed by atoms with E-state index in [-0.39, 0.29) is 5.91 Å². The Kier molecular flexibility index (Phi) is 3.99. The Morgan fingerprint density at radius 3 is 2.86 bits per heavy atom. The Balaban J connectivity index is 1.77. The third-order valence-electron chi connectivity index (χ3n) is 3.23. The number of carbonyl (C=O) groups excluding carboxylic acids is 1. The Bertz CT molecular complexity index is 813. The van der Waals surface area contributed by atoms with Gasteiger partial charge in [0.1, 0.15) is 0 Å². The Hall–Kier alpha value is -1.78. The van der Waals surface area contributed by atoms with Gasteiger partial charge in [-0.25, -0.2) is 0 Å². The number of nitrogens with one attached hydrogen (secondary N) is 2. The molecule has 0 aliphatic heterocycles. The standard InChI is InChI=1S/C16H12BrClN2O/c17-13-8-11(18)5-6-15(13)20-16(21)7-10-9-19-14-4-2-1-3-12(10)14/h1-6,8-9,19H,7H2,(H,20,21). The van der Waals surface area contributed by atoms with E-state index in [1.54, 1.807) is 18.2 Å². The average Bonchev–Trinajstić information content (AvgIpc) is 2.85. The molecule has 1 heterocycles. The first kappa shape index (κ1) is 14.2. The largest absolute Gasteiger partial charge is 0.361 e. The third-order valence-corrected chi connectivity index (χ3v) is 4.12. The third kappa shape index (κ3) is 3.12. The number of carbonyl (C=O) groups is 1. The smallest absolute Gasteiger partial charge is 0.228 e. The van der Waals surface area contributed by atoms with Gasteiger partial charge in [0, 0.05) is 26.6 Å². The number of para-hydroxylation sites is 1. The molecule has 0 aliphatic rings. The van der Waals surface area contributed by atoms with Crippen LogP contribution in [0.3, 0.4) is 0 Å². The number of anilines is 1. The molecule has 0 radical (unpaired) electrons. The van der Waals surface area contributed by atoms with Gasteiger partial charge in [0.2, 0.25) is 5.91 Å². The van der Waals surface area contributed by atoms with Crippen LogP contribution in [0.4, 0.5) is 5.69 Å². The van der Waals surface area contributed by atoms with Gasteiger partial charge < -0.3 is 10.3 Å². The summed E-state index contributed by atoms with van der Waals surface area (Å²) in [4.78, 5) is 15.4. The monoisotopic (exact) mass is 362 g/mol. The zero-order valence-corrected chi connectivity index (χ0v) is 13.3. The van der Waals surface area contributed by atoms with Crippen molar-refractivity contribution in [3.8, 4) is 0 Å². The molecule has 0 bridgehead atoms. The molecular formula is C16H12BrClN2O. The highest BCUT2D eigenvalue weighted by molar-refractivity contribution is 9.10. The Labute approximate surface area is 135 Å². The summed E-state index contributed by atoms with van der Waals surface area (Å²) in [6.07, 6.45) is 2.19. The summed E-state index contributed by atoms with van der Waals surface area (Å²) < 4.78 is 0.766. The zero-order chi connectivity index (χ0) is 14.8. The molecule has 3 nitrogen and oxygen atoms in total. The normalized spacial score (nSPS) is 10.8. The van der Waals surface area contributed by atoms with E-state index in [1.165, 1.54) is 0 Å². The Morgan fingerprint density at radius 2 is 2.05 bits per heavy atom. The number of rotatable bonds is 3. The molecule has 2 N–H and O–H groups in total. The fourth-order valence-corrected chi connectivity index (χ4v) is 3.02. The predicted octanol–water partition coefficient (Wildman–Crippen LogP) is 4.77. The summed E-state index contributed by atoms with van der Waals surface area (Å²) in [5, 5.41) is 4.58. The van der Waals surface area contributed by atoms with Gasteiger partial charge in [-0.15, -0.1) is 0 Å². The summed E-state index contributed by atoms with van der Waals surface area (Å²) in [5.74, 6) is -0.0669. The quantitative estimate of drug-likeness (QED) is 0.692. The lowest BCUT2D eigenvalue weighted by Gasteiger charge is -2.07. The minimum Gasteiger partial charge on any atom is -0.361 e. The van der Waals surface area contributed by atoms with Crippen molar-refractivity contribution in [3.63, 3.8) is 0 Å². The number of amides is 1. The fourth-order valence-electron chi connectivity index (χ4n) is 2.24. The van der Waals surface area contributed by atoms with Crippen LogP contribution in [-0.4, -0.2) is 10.9 Å². The topological polar surface area (TPSA) is 44.9 Å². The van der Waals surface area contributed by atoms with Gasteiger partial charge in [-0.1, -0.05) is 29.8 Å². The highest BCUT2D eigenvalue weighted by Crippen LogP contribution is 2.26. The van der Waals surface area contributed by atoms with E-state index < -0.39 is 0 Å². The van der Waals surface area contributed by atoms with E-state index in [2.05, 4.69) is 26.2 Å². The number of halogens is 2. The van der Waals surface area contributed by atoms with Crippen molar-refractivity contribution in [1.29, 1.82) is 0 Å². The predicted molar refractivity (Wildman–Crippen MR) is 89.8 cm³/mol. The van der Waals surface area contributed by atoms with Crippen molar-refractivity contribution in [2.45, 2.75) is 6.42 Å². The van der Waals surface area contributed by atoms with Gasteiger partial charge in [0.05, 0.1) is 12.1 Å². The maximum Gasteiger partial charge on any atom is 0.228 e. The lowest BCUT2D eigenvalue weighted by Crippen LogP contribution is -2.14. The van der Waals surface area contributed by atoms with Crippen LogP contribution in [0.2, 0.25) is 5.02 Å². The van der Waals surface area contributed by atoms with Gasteiger partial charge >= 0.3 is 0 Å². The molecule has 0 fully saturated rings. The molecule has 0 spiro atoms. The molecule has 3 aromatic rings. The highest BCUT2D eigenvalue weighted by atomic mass is 79.9. The van der Waals surface area contributed by atoms with Crippen LogP contribution in [0, 0.1) is 0 Å². The summed E-state index contributed by atoms with van der Waals surface area (Å²) >= 11 is 9.28. The van der Waals surface area contributed by atoms with E-state index in [4.69, 9.17) is 11.6 Å². The van der Waals surface area contributed by atoms with Crippen molar-refractivity contribution < 1.29 is 4.79 Å². The van der Waals surface area contributed by atoms with Crippen molar-refractivity contribution >= 4 is 50.0 Å². The van der Waals surface area contributed by atoms with Gasteiger partial charge in [0.25, 0.3) is 0 Å². The minimum absolute atomic E-state index is 0.0669. The van der Waals surface area contributed by atoms with E-state index in [0.717, 1.165) is 20.9 Å². The van der Waals surface area contributed by atoms with Crippen LogP contribution in [0.25, 0.3) is 10.9 Å². The van der Waals surface area contributed by atoms with E-state index in [0.29, 0.717) is 17.1 Å². The molecule has 2 aromatic carbocycles. The van der Waals surface area contributed by atoms with Crippen LogP contribution in [0.5, 0.6) is 0 Å². The summed E-state index contributed by atoms with van der Waals surface area (Å²) in [5.41, 5.74) is 2.73. The highest BCUT2D eigenvalue weighted by Gasteiger charge is 2.10. The molecule has 5 heteroatoms. The minimum atomic E-state index is -0.0669. The summed E-state index contributed by atoms with van der Waals surface area (Å²) in [6, 6.07) is 13.2. The van der Waals surface area contributed by atoms with Crippen molar-refractivity contribution in [2.75, 3.05) is 5.32 Å². The fraction of sp³-hybridized carbons (Fsp3) is 0.0625. The van der Waals surface area contributed by atoms with Crippen LogP contribution in [0.15, 0.2) is 53.1 Å². The lowest BCUT2D eigenvalue weighted by atomic mass is 10.1. The molecule has 0 aliphatic carbocycles. The summed E-state index contributed by atoms with van der Waals surface area (Å²) in [6.45, 7) is 0. The zero-order valence-electron chi connectivity index (χ0n) is 11.0. The number of hydrogen-bond acceptors (Lipinski definition) is 1. The second-order valence-electron chi connectivity index (χ2n) is 4.71. The molecule has 21 heavy (non-hydrogen) atoms. The van der Waals surface area contributed by atoms with Crippen molar-refractivity contribution in [2.24, 2.45) is 0 Å².